The van der Waals surface area contributed by atoms with Gasteiger partial charge >= 0.3 is 5.97 Å². The maximum absolute atomic E-state index is 12.5. The highest BCUT2D eigenvalue weighted by Gasteiger charge is 2.21. The number of nitro groups is 1. The van der Waals surface area contributed by atoms with Gasteiger partial charge in [0.2, 0.25) is 5.78 Å². The van der Waals surface area contributed by atoms with Crippen LogP contribution in [0.4, 0.5) is 11.4 Å². The Morgan fingerprint density at radius 2 is 1.89 bits per heavy atom. The molecule has 0 aliphatic carbocycles. The highest BCUT2D eigenvalue weighted by Crippen LogP contribution is 2.24. The van der Waals surface area contributed by atoms with Crippen LogP contribution in [0, 0.1) is 24.0 Å². The Labute approximate surface area is 157 Å². The molecular weight excluding hydrogens is 350 g/mol. The summed E-state index contributed by atoms with van der Waals surface area (Å²) in [6, 6.07) is 5.82. The average molecular weight is 373 g/mol. The number of non-ortho nitro benzene ring substituents is 1. The van der Waals surface area contributed by atoms with Gasteiger partial charge in [-0.2, -0.15) is 0 Å². The van der Waals surface area contributed by atoms with E-state index in [0.717, 1.165) is 17.5 Å². The lowest BCUT2D eigenvalue weighted by Crippen LogP contribution is -2.16. The summed E-state index contributed by atoms with van der Waals surface area (Å²) in [6.07, 6.45) is 0. The molecule has 0 aliphatic heterocycles. The summed E-state index contributed by atoms with van der Waals surface area (Å²) >= 11 is 0. The Kier molecular flexibility index (Phi) is 5.99. The molecule has 1 heterocycles. The van der Waals surface area contributed by atoms with Gasteiger partial charge in [-0.25, -0.2) is 4.79 Å². The number of nitro benzene ring substituents is 1. The number of anilines is 1. The number of carbonyl (C=O) groups is 2. The number of carbonyl (C=O) groups excluding carboxylic acids is 2. The van der Waals surface area contributed by atoms with E-state index in [1.165, 1.54) is 12.1 Å². The normalized spacial score (nSPS) is 10.7. The van der Waals surface area contributed by atoms with Gasteiger partial charge in [0.25, 0.3) is 5.69 Å². The zero-order valence-electron chi connectivity index (χ0n) is 16.0. The van der Waals surface area contributed by atoms with Crippen molar-refractivity contribution >= 4 is 23.1 Å². The van der Waals surface area contributed by atoms with Gasteiger partial charge in [0.05, 0.1) is 10.5 Å². The molecule has 2 rings (SSSR count). The predicted octanol–water partition coefficient (Wildman–Crippen LogP) is 3.68. The van der Waals surface area contributed by atoms with E-state index in [1.54, 1.807) is 13.1 Å². The van der Waals surface area contributed by atoms with Crippen molar-refractivity contribution in [3.8, 4) is 0 Å². The lowest BCUT2D eigenvalue weighted by atomic mass is 10.1. The molecule has 8 nitrogen and oxygen atoms in total. The van der Waals surface area contributed by atoms with Crippen LogP contribution < -0.4 is 5.32 Å². The summed E-state index contributed by atoms with van der Waals surface area (Å²) in [5.41, 5.74) is 2.43. The predicted molar refractivity (Wildman–Crippen MR) is 102 cm³/mol. The van der Waals surface area contributed by atoms with Gasteiger partial charge in [-0.1, -0.05) is 0 Å². The van der Waals surface area contributed by atoms with E-state index in [0.29, 0.717) is 11.3 Å². The minimum atomic E-state index is -0.797. The molecule has 0 aliphatic rings. The summed E-state index contributed by atoms with van der Waals surface area (Å²) in [5, 5.41) is 13.7. The smallest absolute Gasteiger partial charge is 0.340 e. The number of rotatable bonds is 7. The number of ether oxygens (including phenoxy) is 1. The van der Waals surface area contributed by atoms with Crippen molar-refractivity contribution < 1.29 is 19.2 Å². The SMILES string of the molecule is CNc1ccc([N+](=O)[O-])cc1C(=O)OCC(=O)c1cc(C)n(C(C)C)c1C. The van der Waals surface area contributed by atoms with Gasteiger partial charge in [-0.3, -0.25) is 14.9 Å². The number of nitrogens with zero attached hydrogens (tertiary/aromatic N) is 2. The summed E-state index contributed by atoms with van der Waals surface area (Å²) in [7, 11) is 1.59. The van der Waals surface area contributed by atoms with Crippen molar-refractivity contribution in [2.24, 2.45) is 0 Å². The number of nitrogens with one attached hydrogen (secondary N) is 1. The second kappa shape index (κ2) is 8.03. The number of benzene rings is 1. The Balaban J connectivity index is 2.19. The molecule has 0 saturated carbocycles. The fraction of sp³-hybridized carbons (Fsp3) is 0.368. The van der Waals surface area contributed by atoms with Crippen molar-refractivity contribution in [2.45, 2.75) is 33.7 Å². The molecule has 0 spiro atoms. The number of hydrogen-bond acceptors (Lipinski definition) is 6. The van der Waals surface area contributed by atoms with Crippen molar-refractivity contribution in [2.75, 3.05) is 19.0 Å². The van der Waals surface area contributed by atoms with Gasteiger partial charge in [-0.05, 0) is 39.8 Å². The topological polar surface area (TPSA) is 103 Å². The van der Waals surface area contributed by atoms with E-state index in [4.69, 9.17) is 4.74 Å². The number of ketones is 1. The van der Waals surface area contributed by atoms with Crippen molar-refractivity contribution in [3.05, 3.63) is 56.9 Å². The van der Waals surface area contributed by atoms with E-state index in [2.05, 4.69) is 5.32 Å². The van der Waals surface area contributed by atoms with Crippen LogP contribution in [0.15, 0.2) is 24.3 Å². The quantitative estimate of drug-likeness (QED) is 0.344. The molecule has 0 fully saturated rings. The molecule has 1 aromatic heterocycles. The Morgan fingerprint density at radius 1 is 1.22 bits per heavy atom. The second-order valence-corrected chi connectivity index (χ2v) is 6.48. The van der Waals surface area contributed by atoms with E-state index in [-0.39, 0.29) is 23.1 Å². The number of aryl methyl sites for hydroxylation is 1. The summed E-state index contributed by atoms with van der Waals surface area (Å²) in [6.45, 7) is 7.37. The van der Waals surface area contributed by atoms with E-state index in [1.807, 2.05) is 32.3 Å². The number of hydrogen-bond donors (Lipinski definition) is 1. The van der Waals surface area contributed by atoms with E-state index < -0.39 is 17.5 Å². The van der Waals surface area contributed by atoms with Gasteiger partial charge in [0.15, 0.2) is 6.61 Å². The highest BCUT2D eigenvalue weighted by atomic mass is 16.6. The maximum Gasteiger partial charge on any atom is 0.340 e. The van der Waals surface area contributed by atoms with Crippen LogP contribution in [0.3, 0.4) is 0 Å². The fourth-order valence-electron chi connectivity index (χ4n) is 3.17. The van der Waals surface area contributed by atoms with Crippen molar-refractivity contribution in [1.29, 1.82) is 0 Å². The third kappa shape index (κ3) is 4.16. The fourth-order valence-corrected chi connectivity index (χ4v) is 3.17. The standard InChI is InChI=1S/C19H23N3O5/c1-11(2)21-12(3)8-15(13(21)4)18(23)10-27-19(24)16-9-14(22(25)26)6-7-17(16)20-5/h6-9,11,20H,10H2,1-5H3. The Morgan fingerprint density at radius 3 is 2.41 bits per heavy atom. The highest BCUT2D eigenvalue weighted by molar-refractivity contribution is 6.02. The summed E-state index contributed by atoms with van der Waals surface area (Å²) in [4.78, 5) is 35.2. The molecule has 0 unspecified atom stereocenters. The molecule has 1 aromatic carbocycles. The first kappa shape index (κ1) is 20.2. The molecule has 1 N–H and O–H groups in total. The molecule has 144 valence electrons. The zero-order valence-corrected chi connectivity index (χ0v) is 16.0. The summed E-state index contributed by atoms with van der Waals surface area (Å²) in [5.74, 6) is -1.12. The minimum absolute atomic E-state index is 0.00662. The third-order valence-corrected chi connectivity index (χ3v) is 4.34. The largest absolute Gasteiger partial charge is 0.454 e. The van der Waals surface area contributed by atoms with E-state index in [9.17, 15) is 19.7 Å². The molecule has 0 amide bonds. The van der Waals surface area contributed by atoms with E-state index >= 15 is 0 Å². The van der Waals surface area contributed by atoms with Gasteiger partial charge < -0.3 is 14.6 Å². The monoisotopic (exact) mass is 373 g/mol. The van der Waals surface area contributed by atoms with Crippen LogP contribution in [-0.2, 0) is 4.74 Å². The molecule has 2 aromatic rings. The molecule has 0 radical (unpaired) electrons. The van der Waals surface area contributed by atoms with Crippen LogP contribution in [0.5, 0.6) is 0 Å². The Hall–Kier alpha value is -3.16. The van der Waals surface area contributed by atoms with Crippen molar-refractivity contribution in [3.63, 3.8) is 0 Å². The molecule has 8 heteroatoms. The average Bonchev–Trinajstić information content (AvgIpc) is 2.93. The van der Waals surface area contributed by atoms with Crippen LogP contribution in [-0.4, -0.2) is 34.9 Å². The first-order valence-electron chi connectivity index (χ1n) is 8.52. The lowest BCUT2D eigenvalue weighted by molar-refractivity contribution is -0.384. The number of Topliss-reactive ketones (excluding diaryl/α,β-unsaturated/α-hetero) is 1. The van der Waals surface area contributed by atoms with Crippen LogP contribution in [0.1, 0.15) is 52.0 Å². The number of aromatic nitrogens is 1. The summed E-state index contributed by atoms with van der Waals surface area (Å²) < 4.78 is 7.16. The van der Waals surface area contributed by atoms with Crippen LogP contribution in [0.2, 0.25) is 0 Å². The van der Waals surface area contributed by atoms with Crippen LogP contribution >= 0.6 is 0 Å². The van der Waals surface area contributed by atoms with Gasteiger partial charge in [-0.15, -0.1) is 0 Å². The first-order valence-corrected chi connectivity index (χ1v) is 8.52. The minimum Gasteiger partial charge on any atom is -0.454 e. The van der Waals surface area contributed by atoms with Crippen LogP contribution in [0.25, 0.3) is 0 Å². The van der Waals surface area contributed by atoms with Gasteiger partial charge in [0.1, 0.15) is 0 Å². The molecular formula is C19H23N3O5. The number of esters is 1. The molecule has 0 bridgehead atoms. The molecule has 0 saturated heterocycles. The lowest BCUT2D eigenvalue weighted by Gasteiger charge is -2.13. The van der Waals surface area contributed by atoms with Gasteiger partial charge in [0, 0.05) is 47.9 Å². The third-order valence-electron chi connectivity index (χ3n) is 4.34. The first-order chi connectivity index (χ1) is 12.7. The second-order valence-electron chi connectivity index (χ2n) is 6.48. The van der Waals surface area contributed by atoms with Crippen molar-refractivity contribution in [1.82, 2.24) is 4.57 Å². The zero-order chi connectivity index (χ0) is 20.3. The molecule has 0 atom stereocenters. The Bertz CT molecular complexity index is 899. The maximum atomic E-state index is 12.5. The molecule has 27 heavy (non-hydrogen) atoms.